The third-order valence-electron chi connectivity index (χ3n) is 8.27. The Morgan fingerprint density at radius 3 is 1.90 bits per heavy atom. The molecule has 0 bridgehead atoms. The van der Waals surface area contributed by atoms with Gasteiger partial charge in [-0.05, 0) is 57.8 Å². The van der Waals surface area contributed by atoms with Crippen molar-refractivity contribution in [3.8, 4) is 22.5 Å². The molecule has 3 nitrogen and oxygen atoms in total. The molecule has 198 valence electrons. The van der Waals surface area contributed by atoms with Crippen molar-refractivity contribution in [2.75, 3.05) is 0 Å². The van der Waals surface area contributed by atoms with Crippen LogP contribution in [0.3, 0.4) is 0 Å². The van der Waals surface area contributed by atoms with E-state index < -0.39 is 5.41 Å². The minimum Gasteiger partial charge on any atom is -0.282 e. The van der Waals surface area contributed by atoms with Gasteiger partial charge in [0.2, 0.25) is 0 Å². The minimum atomic E-state index is -0.442. The van der Waals surface area contributed by atoms with Gasteiger partial charge in [-0.15, -0.1) is 10.2 Å². The first-order valence-corrected chi connectivity index (χ1v) is 14.3. The van der Waals surface area contributed by atoms with Crippen LogP contribution < -0.4 is 0 Å². The van der Waals surface area contributed by atoms with Crippen LogP contribution >= 0.6 is 0 Å². The average Bonchev–Trinajstić information content (AvgIpc) is 3.60. The van der Waals surface area contributed by atoms with Gasteiger partial charge < -0.3 is 0 Å². The van der Waals surface area contributed by atoms with E-state index in [1.807, 2.05) is 13.8 Å². The Balaban J connectivity index is 0.00000135. The minimum absolute atomic E-state index is 0.442. The molecule has 2 aromatic heterocycles. The lowest BCUT2D eigenvalue weighted by molar-refractivity contribution is 0.767. The Morgan fingerprint density at radius 1 is 0.585 bits per heavy atom. The van der Waals surface area contributed by atoms with E-state index in [0.29, 0.717) is 0 Å². The number of hydrogen-bond acceptors (Lipinski definition) is 2. The highest BCUT2D eigenvalue weighted by molar-refractivity contribution is 5.94. The fourth-order valence-electron chi connectivity index (χ4n) is 6.56. The molecule has 0 radical (unpaired) electrons. The first-order valence-electron chi connectivity index (χ1n) is 14.3. The van der Waals surface area contributed by atoms with E-state index in [1.165, 1.54) is 38.9 Å². The number of benzene rings is 5. The molecule has 0 saturated heterocycles. The van der Waals surface area contributed by atoms with Gasteiger partial charge in [0.1, 0.15) is 0 Å². The molecule has 0 fully saturated rings. The van der Waals surface area contributed by atoms with Crippen molar-refractivity contribution < 1.29 is 0 Å². The monoisotopic (exact) mass is 529 g/mol. The van der Waals surface area contributed by atoms with Gasteiger partial charge in [0.15, 0.2) is 11.5 Å². The molecule has 0 amide bonds. The summed E-state index contributed by atoms with van der Waals surface area (Å²) < 4.78 is 2.11. The molecule has 0 N–H and O–H groups in total. The highest BCUT2D eigenvalue weighted by atomic mass is 15.2. The van der Waals surface area contributed by atoms with Crippen molar-refractivity contribution in [3.05, 3.63) is 161 Å². The molecule has 0 saturated carbocycles. The third kappa shape index (κ3) is 3.66. The fourth-order valence-corrected chi connectivity index (χ4v) is 6.56. The molecule has 3 heteroatoms. The lowest BCUT2D eigenvalue weighted by Crippen LogP contribution is -2.28. The molecular formula is C38H31N3. The molecule has 0 atom stereocenters. The van der Waals surface area contributed by atoms with Crippen molar-refractivity contribution >= 4 is 16.4 Å². The maximum absolute atomic E-state index is 4.71. The number of pyridine rings is 1. The van der Waals surface area contributed by atoms with Crippen molar-refractivity contribution in [2.45, 2.75) is 26.2 Å². The molecule has 5 aromatic carbocycles. The first kappa shape index (κ1) is 25.0. The maximum Gasteiger partial charge on any atom is 0.168 e. The lowest BCUT2D eigenvalue weighted by Gasteiger charge is -2.34. The molecule has 0 aliphatic heterocycles. The Kier molecular flexibility index (Phi) is 6.01. The molecule has 2 heterocycles. The smallest absolute Gasteiger partial charge is 0.168 e. The number of hydrogen-bond donors (Lipinski definition) is 0. The Labute approximate surface area is 240 Å². The van der Waals surface area contributed by atoms with Crippen LogP contribution in [0.2, 0.25) is 0 Å². The standard InChI is InChI=1S/C36H25N3.C2H6/c1-24-16-18-30-31-19-17-26(34-37-38-35-29-15-9-8-10-25(29)20-21-39(34)35)23-33(31)36(32(30)22-24,27-11-4-2-5-12-27)28-13-6-3-7-14-28;1-2/h2-23H,1H3;1-2H3. The molecule has 0 unspecified atom stereocenters. The zero-order valence-electron chi connectivity index (χ0n) is 23.5. The largest absolute Gasteiger partial charge is 0.282 e. The normalized spacial score (nSPS) is 13.0. The fraction of sp³-hybridized carbons (Fsp3) is 0.105. The Bertz CT molecular complexity index is 1980. The van der Waals surface area contributed by atoms with Gasteiger partial charge in [0, 0.05) is 17.1 Å². The van der Waals surface area contributed by atoms with Gasteiger partial charge >= 0.3 is 0 Å². The molecule has 1 aliphatic rings. The van der Waals surface area contributed by atoms with Crippen LogP contribution in [-0.4, -0.2) is 14.6 Å². The van der Waals surface area contributed by atoms with E-state index in [1.54, 1.807) is 0 Å². The maximum atomic E-state index is 4.71. The summed E-state index contributed by atoms with van der Waals surface area (Å²) in [6.07, 6.45) is 2.08. The van der Waals surface area contributed by atoms with Crippen LogP contribution in [0.25, 0.3) is 38.9 Å². The van der Waals surface area contributed by atoms with Crippen LogP contribution in [0.1, 0.15) is 41.7 Å². The highest BCUT2D eigenvalue weighted by Crippen LogP contribution is 2.56. The van der Waals surface area contributed by atoms with Gasteiger partial charge in [0.05, 0.1) is 5.41 Å². The predicted molar refractivity (Wildman–Crippen MR) is 169 cm³/mol. The van der Waals surface area contributed by atoms with E-state index in [-0.39, 0.29) is 0 Å². The second-order valence-electron chi connectivity index (χ2n) is 10.4. The summed E-state index contributed by atoms with van der Waals surface area (Å²) in [5.74, 6) is 0.848. The lowest BCUT2D eigenvalue weighted by atomic mass is 9.67. The number of aromatic nitrogens is 3. The van der Waals surface area contributed by atoms with Crippen LogP contribution in [-0.2, 0) is 5.41 Å². The van der Waals surface area contributed by atoms with Crippen LogP contribution in [0.4, 0.5) is 0 Å². The molecule has 1 aliphatic carbocycles. The van der Waals surface area contributed by atoms with E-state index >= 15 is 0 Å². The number of rotatable bonds is 3. The average molecular weight is 530 g/mol. The summed E-state index contributed by atoms with van der Waals surface area (Å²) >= 11 is 0. The van der Waals surface area contributed by atoms with Crippen LogP contribution in [0, 0.1) is 6.92 Å². The third-order valence-corrected chi connectivity index (χ3v) is 8.27. The first-order chi connectivity index (χ1) is 20.2. The van der Waals surface area contributed by atoms with E-state index in [2.05, 4.69) is 150 Å². The quantitative estimate of drug-likeness (QED) is 0.228. The number of fused-ring (bicyclic) bond motifs is 6. The summed E-state index contributed by atoms with van der Waals surface area (Å²) in [5, 5.41) is 11.6. The van der Waals surface area contributed by atoms with Gasteiger partial charge in [-0.25, -0.2) is 0 Å². The topological polar surface area (TPSA) is 30.2 Å². The summed E-state index contributed by atoms with van der Waals surface area (Å²) in [7, 11) is 0. The van der Waals surface area contributed by atoms with E-state index in [4.69, 9.17) is 5.10 Å². The van der Waals surface area contributed by atoms with Gasteiger partial charge in [-0.2, -0.15) is 0 Å². The van der Waals surface area contributed by atoms with Crippen molar-refractivity contribution in [3.63, 3.8) is 0 Å². The summed E-state index contributed by atoms with van der Waals surface area (Å²) in [6, 6.07) is 46.0. The SMILES string of the molecule is CC.Cc1ccc2c(c1)C(c1ccccc1)(c1ccccc1)c1cc(-c3nnc4c5ccccc5ccn34)ccc1-2. The van der Waals surface area contributed by atoms with Crippen molar-refractivity contribution in [2.24, 2.45) is 0 Å². The second kappa shape index (κ2) is 9.87. The predicted octanol–water partition coefficient (Wildman–Crippen LogP) is 9.25. The van der Waals surface area contributed by atoms with E-state index in [9.17, 15) is 0 Å². The van der Waals surface area contributed by atoms with Crippen LogP contribution in [0.5, 0.6) is 0 Å². The van der Waals surface area contributed by atoms with E-state index in [0.717, 1.165) is 27.8 Å². The molecule has 8 rings (SSSR count). The van der Waals surface area contributed by atoms with Crippen molar-refractivity contribution in [1.29, 1.82) is 0 Å². The van der Waals surface area contributed by atoms with Gasteiger partial charge in [0.25, 0.3) is 0 Å². The summed E-state index contributed by atoms with van der Waals surface area (Å²) in [6.45, 7) is 6.18. The molecule has 0 spiro atoms. The number of nitrogens with zero attached hydrogens (tertiary/aromatic N) is 3. The zero-order chi connectivity index (χ0) is 28.0. The highest BCUT2D eigenvalue weighted by Gasteiger charge is 2.46. The molecular weight excluding hydrogens is 498 g/mol. The van der Waals surface area contributed by atoms with Gasteiger partial charge in [-0.1, -0.05) is 135 Å². The molecule has 41 heavy (non-hydrogen) atoms. The zero-order valence-corrected chi connectivity index (χ0v) is 23.5. The van der Waals surface area contributed by atoms with Crippen molar-refractivity contribution in [1.82, 2.24) is 14.6 Å². The summed E-state index contributed by atoms with van der Waals surface area (Å²) in [5.41, 5.74) is 10.4. The number of aryl methyl sites for hydroxylation is 1. The van der Waals surface area contributed by atoms with Crippen LogP contribution in [0.15, 0.2) is 134 Å². The molecule has 7 aromatic rings. The Morgan fingerprint density at radius 2 is 1.20 bits per heavy atom. The second-order valence-corrected chi connectivity index (χ2v) is 10.4. The summed E-state index contributed by atoms with van der Waals surface area (Å²) in [4.78, 5) is 0. The van der Waals surface area contributed by atoms with Gasteiger partial charge in [-0.3, -0.25) is 4.40 Å². The Hall–Kier alpha value is -5.02.